The van der Waals surface area contributed by atoms with E-state index in [0.29, 0.717) is 26.3 Å². The molecule has 0 saturated heterocycles. The lowest BCUT2D eigenvalue weighted by Crippen LogP contribution is -2.38. The fourth-order valence-corrected chi connectivity index (χ4v) is 2.54. The maximum absolute atomic E-state index is 13.3. The normalized spacial score (nSPS) is 11.3. The molecular weight excluding hydrogens is 333 g/mol. The number of guanidine groups is 1. The van der Waals surface area contributed by atoms with Gasteiger partial charge in [-0.2, -0.15) is 0 Å². The molecule has 0 saturated carbocycles. The number of rotatable bonds is 8. The van der Waals surface area contributed by atoms with Crippen LogP contribution >= 0.6 is 0 Å². The van der Waals surface area contributed by atoms with Crippen LogP contribution in [-0.2, 0) is 17.8 Å². The van der Waals surface area contributed by atoms with E-state index in [2.05, 4.69) is 10.3 Å². The Kier molecular flexibility index (Phi) is 7.89. The van der Waals surface area contributed by atoms with Gasteiger partial charge in [-0.05, 0) is 35.4 Å². The van der Waals surface area contributed by atoms with Crippen molar-refractivity contribution in [2.45, 2.75) is 13.1 Å². The first-order valence-electron chi connectivity index (χ1n) is 8.49. The number of ether oxygens (including phenoxy) is 2. The minimum absolute atomic E-state index is 0.232. The van der Waals surface area contributed by atoms with E-state index in [9.17, 15) is 4.39 Å². The molecule has 0 unspecified atom stereocenters. The van der Waals surface area contributed by atoms with Gasteiger partial charge in [0.25, 0.3) is 0 Å². The summed E-state index contributed by atoms with van der Waals surface area (Å²) < 4.78 is 24.0. The van der Waals surface area contributed by atoms with Crippen LogP contribution in [0, 0.1) is 5.82 Å². The molecule has 0 aliphatic rings. The Hall–Kier alpha value is -2.60. The third-order valence-electron chi connectivity index (χ3n) is 3.79. The zero-order valence-electron chi connectivity index (χ0n) is 15.5. The SMILES string of the molecule is CN=C(NCc1cccc(OCCOC)c1)N(C)Cc1cccc(F)c1. The largest absolute Gasteiger partial charge is 0.491 e. The minimum Gasteiger partial charge on any atom is -0.491 e. The van der Waals surface area contributed by atoms with Crippen LogP contribution in [0.1, 0.15) is 11.1 Å². The molecule has 6 heteroatoms. The lowest BCUT2D eigenvalue weighted by atomic mass is 10.2. The number of hydrogen-bond acceptors (Lipinski definition) is 3. The van der Waals surface area contributed by atoms with Crippen LogP contribution in [0.15, 0.2) is 53.5 Å². The van der Waals surface area contributed by atoms with Gasteiger partial charge in [-0.1, -0.05) is 24.3 Å². The molecule has 0 bridgehead atoms. The van der Waals surface area contributed by atoms with Crippen molar-refractivity contribution in [2.24, 2.45) is 4.99 Å². The zero-order valence-corrected chi connectivity index (χ0v) is 15.5. The van der Waals surface area contributed by atoms with Gasteiger partial charge in [-0.25, -0.2) is 4.39 Å². The van der Waals surface area contributed by atoms with Gasteiger partial charge in [0.05, 0.1) is 6.61 Å². The lowest BCUT2D eigenvalue weighted by molar-refractivity contribution is 0.146. The highest BCUT2D eigenvalue weighted by Gasteiger charge is 2.07. The van der Waals surface area contributed by atoms with Crippen LogP contribution in [-0.4, -0.2) is 45.3 Å². The second-order valence-electron chi connectivity index (χ2n) is 5.88. The van der Waals surface area contributed by atoms with Crippen molar-refractivity contribution in [2.75, 3.05) is 34.4 Å². The predicted molar refractivity (Wildman–Crippen MR) is 102 cm³/mol. The molecule has 0 atom stereocenters. The Balaban J connectivity index is 1.90. The molecule has 5 nitrogen and oxygen atoms in total. The second-order valence-corrected chi connectivity index (χ2v) is 5.88. The lowest BCUT2D eigenvalue weighted by Gasteiger charge is -2.22. The highest BCUT2D eigenvalue weighted by molar-refractivity contribution is 5.79. The Morgan fingerprint density at radius 3 is 2.62 bits per heavy atom. The number of nitrogens with one attached hydrogen (secondary N) is 1. The monoisotopic (exact) mass is 359 g/mol. The molecule has 0 aliphatic heterocycles. The van der Waals surface area contributed by atoms with Gasteiger partial charge in [-0.3, -0.25) is 4.99 Å². The van der Waals surface area contributed by atoms with E-state index >= 15 is 0 Å². The van der Waals surface area contributed by atoms with E-state index < -0.39 is 0 Å². The Bertz CT molecular complexity index is 722. The van der Waals surface area contributed by atoms with Crippen LogP contribution in [0.5, 0.6) is 5.75 Å². The van der Waals surface area contributed by atoms with Crippen molar-refractivity contribution in [3.63, 3.8) is 0 Å². The van der Waals surface area contributed by atoms with Crippen LogP contribution in [0.25, 0.3) is 0 Å². The third kappa shape index (κ3) is 6.37. The number of nitrogens with zero attached hydrogens (tertiary/aromatic N) is 2. The highest BCUT2D eigenvalue weighted by Crippen LogP contribution is 2.13. The van der Waals surface area contributed by atoms with Gasteiger partial charge in [0.2, 0.25) is 0 Å². The zero-order chi connectivity index (χ0) is 18.8. The highest BCUT2D eigenvalue weighted by atomic mass is 19.1. The van der Waals surface area contributed by atoms with E-state index in [-0.39, 0.29) is 5.82 Å². The molecule has 2 aromatic carbocycles. The van der Waals surface area contributed by atoms with Gasteiger partial charge in [0, 0.05) is 34.3 Å². The summed E-state index contributed by atoms with van der Waals surface area (Å²) in [5, 5.41) is 3.32. The molecule has 2 rings (SSSR count). The summed E-state index contributed by atoms with van der Waals surface area (Å²) in [6.07, 6.45) is 0. The van der Waals surface area contributed by atoms with Crippen molar-refractivity contribution in [1.82, 2.24) is 10.2 Å². The van der Waals surface area contributed by atoms with Crippen molar-refractivity contribution >= 4 is 5.96 Å². The number of halogens is 1. The van der Waals surface area contributed by atoms with Crippen molar-refractivity contribution in [1.29, 1.82) is 0 Å². The molecule has 140 valence electrons. The standard InChI is InChI=1S/C20H26FN3O2/c1-22-20(24(2)15-17-7-4-8-18(21)12-17)23-14-16-6-5-9-19(13-16)26-11-10-25-3/h4-9,12-13H,10-11,14-15H2,1-3H3,(H,22,23). The molecule has 26 heavy (non-hydrogen) atoms. The molecule has 0 spiro atoms. The van der Waals surface area contributed by atoms with Crippen LogP contribution in [0.2, 0.25) is 0 Å². The number of hydrogen-bond donors (Lipinski definition) is 1. The molecule has 0 heterocycles. The van der Waals surface area contributed by atoms with E-state index in [1.807, 2.05) is 42.3 Å². The van der Waals surface area contributed by atoms with Gasteiger partial charge >= 0.3 is 0 Å². The molecular formula is C20H26FN3O2. The Labute approximate surface area is 154 Å². The molecule has 2 aromatic rings. The van der Waals surface area contributed by atoms with Gasteiger partial charge < -0.3 is 19.7 Å². The summed E-state index contributed by atoms with van der Waals surface area (Å²) in [7, 11) is 5.30. The summed E-state index contributed by atoms with van der Waals surface area (Å²) in [4.78, 5) is 6.25. The van der Waals surface area contributed by atoms with Crippen molar-refractivity contribution in [3.8, 4) is 5.75 Å². The summed E-state index contributed by atoms with van der Waals surface area (Å²) in [5.41, 5.74) is 1.98. The number of benzene rings is 2. The topological polar surface area (TPSA) is 46.1 Å². The van der Waals surface area contributed by atoms with Crippen LogP contribution < -0.4 is 10.1 Å². The fraction of sp³-hybridized carbons (Fsp3) is 0.350. The van der Waals surface area contributed by atoms with E-state index in [0.717, 1.165) is 22.8 Å². The van der Waals surface area contributed by atoms with E-state index in [1.54, 1.807) is 20.2 Å². The summed E-state index contributed by atoms with van der Waals surface area (Å²) in [5.74, 6) is 1.31. The third-order valence-corrected chi connectivity index (χ3v) is 3.79. The van der Waals surface area contributed by atoms with Gasteiger partial charge in [-0.15, -0.1) is 0 Å². The number of methoxy groups -OCH3 is 1. The minimum atomic E-state index is -0.232. The van der Waals surface area contributed by atoms with Crippen LogP contribution in [0.4, 0.5) is 4.39 Å². The average molecular weight is 359 g/mol. The van der Waals surface area contributed by atoms with Crippen molar-refractivity contribution < 1.29 is 13.9 Å². The first-order chi connectivity index (χ1) is 12.6. The molecule has 0 aliphatic carbocycles. The molecule has 0 amide bonds. The second kappa shape index (κ2) is 10.4. The molecule has 0 fully saturated rings. The predicted octanol–water partition coefficient (Wildman–Crippen LogP) is 3.06. The summed E-state index contributed by atoms with van der Waals surface area (Å²) >= 11 is 0. The van der Waals surface area contributed by atoms with Crippen LogP contribution in [0.3, 0.4) is 0 Å². The first kappa shape index (κ1) is 19.7. The maximum Gasteiger partial charge on any atom is 0.193 e. The van der Waals surface area contributed by atoms with E-state index in [4.69, 9.17) is 9.47 Å². The smallest absolute Gasteiger partial charge is 0.193 e. The number of aliphatic imine (C=N–C) groups is 1. The quantitative estimate of drug-likeness (QED) is 0.447. The van der Waals surface area contributed by atoms with E-state index in [1.165, 1.54) is 12.1 Å². The maximum atomic E-state index is 13.3. The van der Waals surface area contributed by atoms with Crippen molar-refractivity contribution in [3.05, 3.63) is 65.5 Å². The first-order valence-corrected chi connectivity index (χ1v) is 8.49. The molecule has 0 aromatic heterocycles. The average Bonchev–Trinajstić information content (AvgIpc) is 2.63. The summed E-state index contributed by atoms with van der Waals surface area (Å²) in [6.45, 7) is 2.25. The Morgan fingerprint density at radius 1 is 1.12 bits per heavy atom. The summed E-state index contributed by atoms with van der Waals surface area (Å²) in [6, 6.07) is 14.5. The van der Waals surface area contributed by atoms with Gasteiger partial charge in [0.15, 0.2) is 5.96 Å². The molecule has 0 radical (unpaired) electrons. The molecule has 1 N–H and O–H groups in total. The fourth-order valence-electron chi connectivity index (χ4n) is 2.54. The van der Waals surface area contributed by atoms with Gasteiger partial charge in [0.1, 0.15) is 18.2 Å². The Morgan fingerprint density at radius 2 is 1.88 bits per heavy atom.